The first-order valence-corrected chi connectivity index (χ1v) is 12.2. The SMILES string of the molecule is CCCCNC(=O)[C@@H](Cc1ccccc1)N(Cc1ccc(C)cc1)C(=O)Cc1ccc(Cl)cc1. The van der Waals surface area contributed by atoms with Gasteiger partial charge >= 0.3 is 0 Å². The molecule has 0 heterocycles. The number of hydrogen-bond donors (Lipinski definition) is 1. The normalized spacial score (nSPS) is 11.6. The van der Waals surface area contributed by atoms with Gasteiger partial charge in [0, 0.05) is 24.5 Å². The molecular weight excluding hydrogens is 444 g/mol. The highest BCUT2D eigenvalue weighted by atomic mass is 35.5. The standard InChI is InChI=1S/C29H33ClN2O2/c1-3-4-18-31-29(34)27(19-23-8-6-5-7-9-23)32(21-25-12-10-22(2)11-13-25)28(33)20-24-14-16-26(30)17-15-24/h5-17,27H,3-4,18-21H2,1-2H3,(H,31,34)/t27-/m1/s1. The summed E-state index contributed by atoms with van der Waals surface area (Å²) >= 11 is 6.03. The minimum Gasteiger partial charge on any atom is -0.354 e. The average Bonchev–Trinajstić information content (AvgIpc) is 2.84. The molecule has 0 aliphatic carbocycles. The zero-order valence-corrected chi connectivity index (χ0v) is 20.7. The number of unbranched alkanes of at least 4 members (excludes halogenated alkanes) is 1. The fourth-order valence-corrected chi connectivity index (χ4v) is 3.95. The zero-order chi connectivity index (χ0) is 24.3. The molecule has 0 spiro atoms. The molecule has 3 aromatic rings. The molecule has 4 nitrogen and oxygen atoms in total. The van der Waals surface area contributed by atoms with Crippen molar-refractivity contribution in [2.75, 3.05) is 6.54 Å². The molecule has 178 valence electrons. The van der Waals surface area contributed by atoms with Crippen LogP contribution in [0.15, 0.2) is 78.9 Å². The van der Waals surface area contributed by atoms with E-state index in [1.54, 1.807) is 17.0 Å². The van der Waals surface area contributed by atoms with Crippen LogP contribution in [0.5, 0.6) is 0 Å². The Morgan fingerprint density at radius 2 is 1.53 bits per heavy atom. The second-order valence-corrected chi connectivity index (χ2v) is 9.10. The van der Waals surface area contributed by atoms with Gasteiger partial charge in [0.25, 0.3) is 0 Å². The third-order valence-electron chi connectivity index (χ3n) is 5.84. The number of carbonyl (C=O) groups is 2. The third-order valence-corrected chi connectivity index (χ3v) is 6.09. The molecule has 0 aliphatic heterocycles. The molecule has 0 aromatic heterocycles. The highest BCUT2D eigenvalue weighted by Crippen LogP contribution is 2.18. The number of rotatable bonds is 11. The molecule has 0 radical (unpaired) electrons. The largest absolute Gasteiger partial charge is 0.354 e. The Hall–Kier alpha value is -3.11. The molecule has 34 heavy (non-hydrogen) atoms. The topological polar surface area (TPSA) is 49.4 Å². The van der Waals surface area contributed by atoms with Crippen LogP contribution in [0.2, 0.25) is 5.02 Å². The number of aryl methyl sites for hydroxylation is 1. The summed E-state index contributed by atoms with van der Waals surface area (Å²) in [5.41, 5.74) is 4.04. The van der Waals surface area contributed by atoms with Gasteiger partial charge in [0.05, 0.1) is 6.42 Å². The smallest absolute Gasteiger partial charge is 0.243 e. The summed E-state index contributed by atoms with van der Waals surface area (Å²) in [6, 6.07) is 24.7. The van der Waals surface area contributed by atoms with Crippen molar-refractivity contribution in [2.45, 2.75) is 52.1 Å². The van der Waals surface area contributed by atoms with E-state index in [2.05, 4.69) is 12.2 Å². The van der Waals surface area contributed by atoms with E-state index in [0.29, 0.717) is 24.5 Å². The van der Waals surface area contributed by atoms with E-state index < -0.39 is 6.04 Å². The van der Waals surface area contributed by atoms with Crippen molar-refractivity contribution in [1.82, 2.24) is 10.2 Å². The van der Waals surface area contributed by atoms with E-state index >= 15 is 0 Å². The molecule has 0 saturated carbocycles. The summed E-state index contributed by atoms with van der Waals surface area (Å²) < 4.78 is 0. The van der Waals surface area contributed by atoms with Crippen LogP contribution < -0.4 is 5.32 Å². The lowest BCUT2D eigenvalue weighted by molar-refractivity contribution is -0.140. The summed E-state index contributed by atoms with van der Waals surface area (Å²) in [5.74, 6) is -0.205. The van der Waals surface area contributed by atoms with Crippen molar-refractivity contribution < 1.29 is 9.59 Å². The summed E-state index contributed by atoms with van der Waals surface area (Å²) in [6.45, 7) is 5.09. The van der Waals surface area contributed by atoms with Crippen LogP contribution in [-0.4, -0.2) is 29.3 Å². The highest BCUT2D eigenvalue weighted by Gasteiger charge is 2.30. The van der Waals surface area contributed by atoms with Crippen LogP contribution in [0.4, 0.5) is 0 Å². The Balaban J connectivity index is 1.92. The fraction of sp³-hybridized carbons (Fsp3) is 0.310. The van der Waals surface area contributed by atoms with Crippen LogP contribution >= 0.6 is 11.6 Å². The minimum atomic E-state index is -0.611. The quantitative estimate of drug-likeness (QED) is 0.358. The van der Waals surface area contributed by atoms with Crippen molar-refractivity contribution in [3.8, 4) is 0 Å². The van der Waals surface area contributed by atoms with Crippen LogP contribution in [0.3, 0.4) is 0 Å². The molecule has 1 atom stereocenters. The van der Waals surface area contributed by atoms with E-state index in [9.17, 15) is 9.59 Å². The second-order valence-electron chi connectivity index (χ2n) is 8.66. The molecule has 0 bridgehead atoms. The summed E-state index contributed by atoms with van der Waals surface area (Å²) in [5, 5.41) is 3.68. The van der Waals surface area contributed by atoms with Gasteiger partial charge in [-0.3, -0.25) is 9.59 Å². The Morgan fingerprint density at radius 3 is 2.18 bits per heavy atom. The number of nitrogens with zero attached hydrogens (tertiary/aromatic N) is 1. The lowest BCUT2D eigenvalue weighted by atomic mass is 10.0. The first-order valence-electron chi connectivity index (χ1n) is 11.9. The van der Waals surface area contributed by atoms with Gasteiger partial charge in [-0.05, 0) is 42.2 Å². The van der Waals surface area contributed by atoms with E-state index in [4.69, 9.17) is 11.6 Å². The number of halogens is 1. The van der Waals surface area contributed by atoms with E-state index in [0.717, 1.165) is 35.1 Å². The lowest BCUT2D eigenvalue weighted by Crippen LogP contribution is -2.51. The Labute approximate surface area is 207 Å². The molecule has 5 heteroatoms. The summed E-state index contributed by atoms with van der Waals surface area (Å²) in [6.07, 6.45) is 2.56. The number of carbonyl (C=O) groups excluding carboxylic acids is 2. The molecule has 1 N–H and O–H groups in total. The van der Waals surface area contributed by atoms with Gasteiger partial charge in [0.1, 0.15) is 6.04 Å². The Bertz CT molecular complexity index is 1050. The van der Waals surface area contributed by atoms with Crippen molar-refractivity contribution in [3.05, 3.63) is 106 Å². The Morgan fingerprint density at radius 1 is 0.882 bits per heavy atom. The third kappa shape index (κ3) is 7.74. The summed E-state index contributed by atoms with van der Waals surface area (Å²) in [4.78, 5) is 28.8. The van der Waals surface area contributed by atoms with Gasteiger partial charge < -0.3 is 10.2 Å². The van der Waals surface area contributed by atoms with E-state index in [-0.39, 0.29) is 18.2 Å². The predicted octanol–water partition coefficient (Wildman–Crippen LogP) is 5.75. The van der Waals surface area contributed by atoms with E-state index in [1.165, 1.54) is 0 Å². The molecular formula is C29H33ClN2O2. The van der Waals surface area contributed by atoms with Crippen LogP contribution in [-0.2, 0) is 29.0 Å². The predicted molar refractivity (Wildman–Crippen MR) is 139 cm³/mol. The number of amides is 2. The molecule has 2 amide bonds. The molecule has 3 rings (SSSR count). The second kappa shape index (κ2) is 13.0. The first-order chi connectivity index (χ1) is 16.5. The van der Waals surface area contributed by atoms with Gasteiger partial charge in [-0.2, -0.15) is 0 Å². The zero-order valence-electron chi connectivity index (χ0n) is 20.0. The molecule has 3 aromatic carbocycles. The maximum absolute atomic E-state index is 13.6. The van der Waals surface area contributed by atoms with Crippen LogP contribution in [0, 0.1) is 6.92 Å². The molecule has 0 unspecified atom stereocenters. The van der Waals surface area contributed by atoms with Crippen LogP contribution in [0.1, 0.15) is 42.0 Å². The number of nitrogens with one attached hydrogen (secondary N) is 1. The maximum atomic E-state index is 13.6. The summed E-state index contributed by atoms with van der Waals surface area (Å²) in [7, 11) is 0. The van der Waals surface area contributed by atoms with Crippen molar-refractivity contribution in [1.29, 1.82) is 0 Å². The van der Waals surface area contributed by atoms with Crippen molar-refractivity contribution in [2.24, 2.45) is 0 Å². The molecule has 0 saturated heterocycles. The van der Waals surface area contributed by atoms with Crippen molar-refractivity contribution >= 4 is 23.4 Å². The number of hydrogen-bond acceptors (Lipinski definition) is 2. The molecule has 0 fully saturated rings. The van der Waals surface area contributed by atoms with Gasteiger partial charge in [0.2, 0.25) is 11.8 Å². The van der Waals surface area contributed by atoms with Gasteiger partial charge in [-0.25, -0.2) is 0 Å². The van der Waals surface area contributed by atoms with Crippen LogP contribution in [0.25, 0.3) is 0 Å². The first kappa shape index (κ1) is 25.5. The molecule has 0 aliphatic rings. The van der Waals surface area contributed by atoms with E-state index in [1.807, 2.05) is 73.7 Å². The van der Waals surface area contributed by atoms with Crippen molar-refractivity contribution in [3.63, 3.8) is 0 Å². The average molecular weight is 477 g/mol. The number of benzene rings is 3. The van der Waals surface area contributed by atoms with Gasteiger partial charge in [0.15, 0.2) is 0 Å². The monoisotopic (exact) mass is 476 g/mol. The lowest BCUT2D eigenvalue weighted by Gasteiger charge is -2.32. The minimum absolute atomic E-state index is 0.0885. The van der Waals surface area contributed by atoms with Gasteiger partial charge in [-0.15, -0.1) is 0 Å². The highest BCUT2D eigenvalue weighted by molar-refractivity contribution is 6.30. The Kier molecular flexibility index (Phi) is 9.72. The fourth-order valence-electron chi connectivity index (χ4n) is 3.83. The maximum Gasteiger partial charge on any atom is 0.243 e. The van der Waals surface area contributed by atoms with Gasteiger partial charge in [-0.1, -0.05) is 97.2 Å².